The third-order valence-corrected chi connectivity index (χ3v) is 5.99. The summed E-state index contributed by atoms with van der Waals surface area (Å²) in [4.78, 5) is 38.6. The number of aliphatic carboxylic acids is 1. The smallest absolute Gasteiger partial charge is 0.326 e. The number of anilines is 1. The van der Waals surface area contributed by atoms with Crippen LogP contribution in [0.25, 0.3) is 0 Å². The lowest BCUT2D eigenvalue weighted by atomic mass is 9.66. The molecule has 1 aromatic carbocycles. The molecule has 0 aromatic heterocycles. The van der Waals surface area contributed by atoms with Crippen LogP contribution in [0.2, 0.25) is 0 Å². The van der Waals surface area contributed by atoms with Crippen LogP contribution in [0.15, 0.2) is 24.3 Å². The SMILES string of the molecule is COCCC1(C(=O)Nc2cccc(C(=O)N3CCCCC3C(=O)O)c2)CCC1. The van der Waals surface area contributed by atoms with E-state index in [-0.39, 0.29) is 11.8 Å². The average Bonchev–Trinajstić information content (AvgIpc) is 2.67. The van der Waals surface area contributed by atoms with Gasteiger partial charge in [-0.3, -0.25) is 9.59 Å². The molecule has 1 saturated carbocycles. The molecule has 1 unspecified atom stereocenters. The number of carboxylic acids is 1. The molecule has 152 valence electrons. The van der Waals surface area contributed by atoms with Gasteiger partial charge in [0.15, 0.2) is 0 Å². The number of hydrogen-bond acceptors (Lipinski definition) is 4. The Labute approximate surface area is 165 Å². The van der Waals surface area contributed by atoms with Crippen LogP contribution in [0.5, 0.6) is 0 Å². The van der Waals surface area contributed by atoms with Crippen LogP contribution >= 0.6 is 0 Å². The highest BCUT2D eigenvalue weighted by molar-refractivity contribution is 6.00. The number of carbonyl (C=O) groups is 3. The van der Waals surface area contributed by atoms with Crippen LogP contribution in [0.4, 0.5) is 5.69 Å². The van der Waals surface area contributed by atoms with Crippen molar-refractivity contribution in [3.05, 3.63) is 29.8 Å². The predicted molar refractivity (Wildman–Crippen MR) is 104 cm³/mol. The molecule has 2 amide bonds. The van der Waals surface area contributed by atoms with Crippen molar-refractivity contribution in [2.24, 2.45) is 5.41 Å². The van der Waals surface area contributed by atoms with Crippen molar-refractivity contribution in [3.8, 4) is 0 Å². The molecule has 2 fully saturated rings. The molecule has 7 nitrogen and oxygen atoms in total. The van der Waals surface area contributed by atoms with Gasteiger partial charge in [-0.05, 0) is 56.7 Å². The summed E-state index contributed by atoms with van der Waals surface area (Å²) < 4.78 is 5.14. The van der Waals surface area contributed by atoms with Gasteiger partial charge in [0.2, 0.25) is 5.91 Å². The Hall–Kier alpha value is -2.41. The van der Waals surface area contributed by atoms with E-state index in [9.17, 15) is 19.5 Å². The summed E-state index contributed by atoms with van der Waals surface area (Å²) in [5, 5.41) is 12.4. The van der Waals surface area contributed by atoms with Gasteiger partial charge >= 0.3 is 5.97 Å². The van der Waals surface area contributed by atoms with E-state index in [4.69, 9.17) is 4.74 Å². The number of nitrogens with zero attached hydrogens (tertiary/aromatic N) is 1. The number of likely N-dealkylation sites (tertiary alicyclic amines) is 1. The molecule has 1 atom stereocenters. The Morgan fingerprint density at radius 3 is 2.68 bits per heavy atom. The number of benzene rings is 1. The first-order valence-corrected chi connectivity index (χ1v) is 9.91. The maximum Gasteiger partial charge on any atom is 0.326 e. The van der Waals surface area contributed by atoms with E-state index in [0.29, 0.717) is 37.2 Å². The summed E-state index contributed by atoms with van der Waals surface area (Å²) in [7, 11) is 1.63. The van der Waals surface area contributed by atoms with Gasteiger partial charge in [0.05, 0.1) is 5.41 Å². The lowest BCUT2D eigenvalue weighted by molar-refractivity contribution is -0.143. The van der Waals surface area contributed by atoms with Crippen molar-refractivity contribution < 1.29 is 24.2 Å². The zero-order valence-electron chi connectivity index (χ0n) is 16.3. The fourth-order valence-electron chi connectivity index (χ4n) is 4.08. The molecule has 2 aliphatic rings. The van der Waals surface area contributed by atoms with Crippen molar-refractivity contribution in [2.45, 2.75) is 51.0 Å². The third-order valence-electron chi connectivity index (χ3n) is 5.99. The van der Waals surface area contributed by atoms with Gasteiger partial charge in [-0.2, -0.15) is 0 Å². The maximum atomic E-state index is 12.9. The van der Waals surface area contributed by atoms with Crippen molar-refractivity contribution in [2.75, 3.05) is 25.6 Å². The van der Waals surface area contributed by atoms with Crippen LogP contribution in [0.3, 0.4) is 0 Å². The molecule has 0 bridgehead atoms. The van der Waals surface area contributed by atoms with Crippen LogP contribution in [-0.4, -0.2) is 54.1 Å². The van der Waals surface area contributed by atoms with Gasteiger partial charge in [0, 0.05) is 31.5 Å². The van der Waals surface area contributed by atoms with Gasteiger partial charge in [-0.1, -0.05) is 12.5 Å². The number of amides is 2. The van der Waals surface area contributed by atoms with Crippen LogP contribution in [-0.2, 0) is 14.3 Å². The van der Waals surface area contributed by atoms with E-state index >= 15 is 0 Å². The zero-order chi connectivity index (χ0) is 20.1. The fraction of sp³-hybridized carbons (Fsp3) is 0.571. The second kappa shape index (κ2) is 8.73. The van der Waals surface area contributed by atoms with Crippen LogP contribution in [0.1, 0.15) is 55.3 Å². The fourth-order valence-corrected chi connectivity index (χ4v) is 4.08. The minimum Gasteiger partial charge on any atom is -0.480 e. The number of carboxylic acid groups (broad SMARTS) is 1. The Morgan fingerprint density at radius 2 is 2.04 bits per heavy atom. The second-order valence-electron chi connectivity index (χ2n) is 7.76. The molecular weight excluding hydrogens is 360 g/mol. The van der Waals surface area contributed by atoms with Crippen molar-refractivity contribution in [1.29, 1.82) is 0 Å². The van der Waals surface area contributed by atoms with E-state index in [1.807, 2.05) is 0 Å². The Balaban J connectivity index is 1.72. The summed E-state index contributed by atoms with van der Waals surface area (Å²) in [6, 6.07) is 5.98. The van der Waals surface area contributed by atoms with E-state index in [2.05, 4.69) is 5.32 Å². The highest BCUT2D eigenvalue weighted by atomic mass is 16.5. The Bertz CT molecular complexity index is 744. The molecule has 1 aliphatic carbocycles. The standard InChI is InChI=1S/C21H28N2O5/c1-28-13-11-21(9-5-10-21)20(27)22-16-7-4-6-15(14-16)18(24)23-12-3-2-8-17(23)19(25)26/h4,6-7,14,17H,2-3,5,8-13H2,1H3,(H,22,27)(H,25,26). The number of carbonyl (C=O) groups excluding carboxylic acids is 2. The van der Waals surface area contributed by atoms with E-state index in [1.54, 1.807) is 31.4 Å². The molecule has 1 heterocycles. The number of methoxy groups -OCH3 is 1. The molecule has 1 aliphatic heterocycles. The monoisotopic (exact) mass is 388 g/mol. The number of ether oxygens (including phenoxy) is 1. The summed E-state index contributed by atoms with van der Waals surface area (Å²) in [5.74, 6) is -1.31. The third kappa shape index (κ3) is 4.19. The van der Waals surface area contributed by atoms with Gasteiger partial charge < -0.3 is 20.1 Å². The van der Waals surface area contributed by atoms with Crippen molar-refractivity contribution in [1.82, 2.24) is 4.90 Å². The number of nitrogens with one attached hydrogen (secondary N) is 1. The van der Waals surface area contributed by atoms with E-state index < -0.39 is 17.4 Å². The lowest BCUT2D eigenvalue weighted by Gasteiger charge is -2.40. The van der Waals surface area contributed by atoms with Gasteiger partial charge in [0.1, 0.15) is 6.04 Å². The van der Waals surface area contributed by atoms with Gasteiger partial charge in [0.25, 0.3) is 5.91 Å². The molecule has 1 aromatic rings. The Morgan fingerprint density at radius 1 is 1.25 bits per heavy atom. The number of rotatable bonds is 7. The molecule has 1 saturated heterocycles. The highest BCUT2D eigenvalue weighted by Gasteiger charge is 2.43. The van der Waals surface area contributed by atoms with Crippen molar-refractivity contribution >= 4 is 23.5 Å². The summed E-state index contributed by atoms with van der Waals surface area (Å²) in [6.45, 7) is 0.976. The second-order valence-corrected chi connectivity index (χ2v) is 7.76. The zero-order valence-corrected chi connectivity index (χ0v) is 16.3. The molecule has 2 N–H and O–H groups in total. The van der Waals surface area contributed by atoms with Gasteiger partial charge in [-0.25, -0.2) is 4.79 Å². The first-order valence-electron chi connectivity index (χ1n) is 9.91. The number of piperidine rings is 1. The average molecular weight is 388 g/mol. The summed E-state index contributed by atoms with van der Waals surface area (Å²) >= 11 is 0. The largest absolute Gasteiger partial charge is 0.480 e. The maximum absolute atomic E-state index is 12.9. The molecule has 7 heteroatoms. The minimum atomic E-state index is -0.970. The lowest BCUT2D eigenvalue weighted by Crippen LogP contribution is -2.48. The summed E-state index contributed by atoms with van der Waals surface area (Å²) in [5.41, 5.74) is 0.561. The molecule has 0 radical (unpaired) electrons. The molecule has 3 rings (SSSR count). The first kappa shape index (κ1) is 20.3. The summed E-state index contributed by atoms with van der Waals surface area (Å²) in [6.07, 6.45) is 5.47. The predicted octanol–water partition coefficient (Wildman–Crippen LogP) is 2.91. The van der Waals surface area contributed by atoms with Crippen LogP contribution in [0, 0.1) is 5.41 Å². The van der Waals surface area contributed by atoms with Crippen LogP contribution < -0.4 is 5.32 Å². The molecule has 0 spiro atoms. The minimum absolute atomic E-state index is 0.0400. The topological polar surface area (TPSA) is 95.9 Å². The normalized spacial score (nSPS) is 20.9. The van der Waals surface area contributed by atoms with E-state index in [1.165, 1.54) is 4.90 Å². The molecule has 28 heavy (non-hydrogen) atoms. The highest BCUT2D eigenvalue weighted by Crippen LogP contribution is 2.44. The molecular formula is C21H28N2O5. The number of hydrogen-bond donors (Lipinski definition) is 2. The quantitative estimate of drug-likeness (QED) is 0.749. The van der Waals surface area contributed by atoms with Crippen molar-refractivity contribution in [3.63, 3.8) is 0 Å². The first-order chi connectivity index (χ1) is 13.5. The Kier molecular flexibility index (Phi) is 6.34. The van der Waals surface area contributed by atoms with E-state index in [0.717, 1.165) is 32.1 Å². The van der Waals surface area contributed by atoms with Gasteiger partial charge in [-0.15, -0.1) is 0 Å².